The van der Waals surface area contributed by atoms with Gasteiger partial charge in [0.25, 0.3) is 11.8 Å². The van der Waals surface area contributed by atoms with Gasteiger partial charge < -0.3 is 16.0 Å². The number of nitrogens with zero attached hydrogens (tertiary/aromatic N) is 2. The van der Waals surface area contributed by atoms with E-state index in [1.54, 1.807) is 19.1 Å². The molecule has 0 saturated heterocycles. The van der Waals surface area contributed by atoms with E-state index in [-0.39, 0.29) is 22.6 Å². The maximum absolute atomic E-state index is 15.3. The lowest BCUT2D eigenvalue weighted by atomic mass is 9.94. The topological polar surface area (TPSA) is 88.0 Å². The van der Waals surface area contributed by atoms with E-state index in [2.05, 4.69) is 37.0 Å². The first kappa shape index (κ1) is 26.4. The number of halogens is 2. The van der Waals surface area contributed by atoms with Crippen LogP contribution in [0.4, 0.5) is 21.6 Å². The summed E-state index contributed by atoms with van der Waals surface area (Å²) in [4.78, 5) is 27.0. The number of nitrogens with one attached hydrogen (secondary N) is 3. The molecule has 0 saturated carbocycles. The molecule has 9 heteroatoms. The highest BCUT2D eigenvalue weighted by Gasteiger charge is 2.37. The lowest BCUT2D eigenvalue weighted by Crippen LogP contribution is -2.32. The van der Waals surface area contributed by atoms with Gasteiger partial charge in [0, 0.05) is 27.1 Å². The molecule has 0 unspecified atom stereocenters. The van der Waals surface area contributed by atoms with Gasteiger partial charge >= 0.3 is 0 Å². The second-order valence-corrected chi connectivity index (χ2v) is 10.6. The molecular formula is C30H27BrFN5O2. The van der Waals surface area contributed by atoms with E-state index < -0.39 is 17.8 Å². The van der Waals surface area contributed by atoms with Crippen LogP contribution < -0.4 is 16.0 Å². The average molecular weight is 588 g/mol. The Morgan fingerprint density at radius 1 is 0.923 bits per heavy atom. The van der Waals surface area contributed by atoms with Crippen molar-refractivity contribution in [1.29, 1.82) is 0 Å². The minimum absolute atomic E-state index is 0.242. The van der Waals surface area contributed by atoms with Crippen molar-refractivity contribution >= 4 is 44.9 Å². The molecule has 39 heavy (non-hydrogen) atoms. The van der Waals surface area contributed by atoms with Crippen LogP contribution >= 0.6 is 15.9 Å². The number of hydrogen-bond donors (Lipinski definition) is 3. The van der Waals surface area contributed by atoms with Gasteiger partial charge in [-0.15, -0.1) is 0 Å². The number of rotatable bonds is 5. The summed E-state index contributed by atoms with van der Waals surface area (Å²) in [7, 11) is 0. The molecule has 5 rings (SSSR count). The standard InChI is InChI=1S/C30H27BrFN5O2/c1-16-5-9-21(10-6-16)35-29(38)23-15-33-37-27(22-14-20(31)8-11-24(22)32)26(19(4)34-28(23)37)30(39)36-25-12-7-17(2)13-18(25)3/h5-15,27,34H,1-4H3,(H,35,38)(H,36,39)/t27-/m1/s1. The van der Waals surface area contributed by atoms with Gasteiger partial charge in [0.1, 0.15) is 23.2 Å². The molecule has 198 valence electrons. The van der Waals surface area contributed by atoms with Crippen LogP contribution in [0.3, 0.4) is 0 Å². The molecule has 1 aromatic heterocycles. The van der Waals surface area contributed by atoms with Crippen molar-refractivity contribution in [3.63, 3.8) is 0 Å². The number of carbonyl (C=O) groups is 2. The fourth-order valence-corrected chi connectivity index (χ4v) is 5.08. The normalized spacial score (nSPS) is 14.5. The smallest absolute Gasteiger partial charge is 0.261 e. The van der Waals surface area contributed by atoms with Crippen molar-refractivity contribution in [1.82, 2.24) is 9.78 Å². The highest BCUT2D eigenvalue weighted by molar-refractivity contribution is 9.10. The Bertz CT molecular complexity index is 1640. The third-order valence-corrected chi connectivity index (χ3v) is 7.20. The Morgan fingerprint density at radius 2 is 1.64 bits per heavy atom. The van der Waals surface area contributed by atoms with Gasteiger partial charge in [-0.3, -0.25) is 9.59 Å². The lowest BCUT2D eigenvalue weighted by Gasteiger charge is -2.30. The summed E-state index contributed by atoms with van der Waals surface area (Å²) in [5, 5.41) is 13.5. The van der Waals surface area contributed by atoms with Gasteiger partial charge in [-0.25, -0.2) is 9.07 Å². The predicted octanol–water partition coefficient (Wildman–Crippen LogP) is 6.89. The van der Waals surface area contributed by atoms with E-state index in [0.29, 0.717) is 27.4 Å². The van der Waals surface area contributed by atoms with E-state index in [1.807, 2.05) is 63.2 Å². The van der Waals surface area contributed by atoms with E-state index in [1.165, 1.54) is 16.9 Å². The summed E-state index contributed by atoms with van der Waals surface area (Å²) in [6.45, 7) is 7.60. The molecular weight excluding hydrogens is 561 g/mol. The molecule has 3 N–H and O–H groups in total. The van der Waals surface area contributed by atoms with Crippen LogP contribution in [0.1, 0.15) is 45.6 Å². The first-order valence-corrected chi connectivity index (χ1v) is 13.2. The van der Waals surface area contributed by atoms with Crippen LogP contribution in [-0.2, 0) is 4.79 Å². The number of fused-ring (bicyclic) bond motifs is 1. The number of benzene rings is 3. The number of amides is 2. The van der Waals surface area contributed by atoms with Crippen molar-refractivity contribution in [3.8, 4) is 0 Å². The van der Waals surface area contributed by atoms with Crippen LogP contribution in [-0.4, -0.2) is 21.6 Å². The SMILES string of the molecule is CC1=C(C(=O)Nc2ccc(C)cc2C)[C@@H](c2cc(Br)ccc2F)n2ncc(C(=O)Nc3ccc(C)cc3)c2N1. The Labute approximate surface area is 234 Å². The summed E-state index contributed by atoms with van der Waals surface area (Å²) >= 11 is 3.42. The third kappa shape index (κ3) is 5.22. The van der Waals surface area contributed by atoms with Gasteiger partial charge in [-0.1, -0.05) is 51.3 Å². The minimum atomic E-state index is -0.926. The monoisotopic (exact) mass is 587 g/mol. The van der Waals surface area contributed by atoms with E-state index in [0.717, 1.165) is 16.7 Å². The van der Waals surface area contributed by atoms with Crippen molar-refractivity contribution < 1.29 is 14.0 Å². The summed E-state index contributed by atoms with van der Waals surface area (Å²) in [5.41, 5.74) is 5.63. The Balaban J connectivity index is 1.57. The summed E-state index contributed by atoms with van der Waals surface area (Å²) < 4.78 is 17.5. The fourth-order valence-electron chi connectivity index (χ4n) is 4.71. The first-order valence-electron chi connectivity index (χ1n) is 12.4. The molecule has 7 nitrogen and oxygen atoms in total. The first-order chi connectivity index (χ1) is 18.6. The molecule has 0 spiro atoms. The van der Waals surface area contributed by atoms with Gasteiger partial charge in [0.2, 0.25) is 0 Å². The number of hydrogen-bond acceptors (Lipinski definition) is 4. The maximum Gasteiger partial charge on any atom is 0.261 e. The highest BCUT2D eigenvalue weighted by atomic mass is 79.9. The molecule has 0 fully saturated rings. The summed E-state index contributed by atoms with van der Waals surface area (Å²) in [6, 6.07) is 16.8. The zero-order valence-corrected chi connectivity index (χ0v) is 23.5. The van der Waals surface area contributed by atoms with Crippen molar-refractivity contribution in [2.45, 2.75) is 33.7 Å². The van der Waals surface area contributed by atoms with E-state index >= 15 is 4.39 Å². The van der Waals surface area contributed by atoms with E-state index in [9.17, 15) is 9.59 Å². The van der Waals surface area contributed by atoms with Crippen LogP contribution in [0.5, 0.6) is 0 Å². The second-order valence-electron chi connectivity index (χ2n) is 9.68. The molecule has 0 aliphatic carbocycles. The minimum Gasteiger partial charge on any atom is -0.343 e. The zero-order valence-electron chi connectivity index (χ0n) is 21.9. The number of aryl methyl sites for hydroxylation is 3. The molecule has 1 aliphatic rings. The van der Waals surface area contributed by atoms with Gasteiger partial charge in [0.15, 0.2) is 0 Å². The third-order valence-electron chi connectivity index (χ3n) is 6.70. The van der Waals surface area contributed by atoms with Crippen molar-refractivity contribution in [3.05, 3.63) is 116 Å². The van der Waals surface area contributed by atoms with E-state index in [4.69, 9.17) is 0 Å². The molecule has 0 bridgehead atoms. The quantitative estimate of drug-likeness (QED) is 0.237. The molecule has 3 aromatic carbocycles. The molecule has 1 atom stereocenters. The fraction of sp³-hybridized carbons (Fsp3) is 0.167. The second kappa shape index (κ2) is 10.5. The number of carbonyl (C=O) groups excluding carboxylic acids is 2. The highest BCUT2D eigenvalue weighted by Crippen LogP contribution is 2.39. The van der Waals surface area contributed by atoms with Crippen molar-refractivity contribution in [2.75, 3.05) is 16.0 Å². The molecule has 1 aliphatic heterocycles. The van der Waals surface area contributed by atoms with Gasteiger partial charge in [0.05, 0.1) is 11.8 Å². The average Bonchev–Trinajstić information content (AvgIpc) is 3.31. The zero-order chi connectivity index (χ0) is 27.8. The largest absolute Gasteiger partial charge is 0.343 e. The maximum atomic E-state index is 15.3. The Kier molecular flexibility index (Phi) is 7.10. The van der Waals surface area contributed by atoms with Crippen LogP contribution in [0, 0.1) is 26.6 Å². The van der Waals surface area contributed by atoms with Crippen molar-refractivity contribution in [2.24, 2.45) is 0 Å². The van der Waals surface area contributed by atoms with Gasteiger partial charge in [-0.05, 0) is 69.7 Å². The van der Waals surface area contributed by atoms with Crippen LogP contribution in [0.25, 0.3) is 0 Å². The Hall–Kier alpha value is -4.24. The molecule has 2 amide bonds. The molecule has 0 radical (unpaired) electrons. The van der Waals surface area contributed by atoms with Crippen LogP contribution in [0.2, 0.25) is 0 Å². The summed E-state index contributed by atoms with van der Waals surface area (Å²) in [5.74, 6) is -0.911. The van der Waals surface area contributed by atoms with Gasteiger partial charge in [-0.2, -0.15) is 5.10 Å². The summed E-state index contributed by atoms with van der Waals surface area (Å²) in [6.07, 6.45) is 1.42. The Morgan fingerprint density at radius 3 is 2.36 bits per heavy atom. The lowest BCUT2D eigenvalue weighted by molar-refractivity contribution is -0.113. The number of aromatic nitrogens is 2. The number of anilines is 3. The predicted molar refractivity (Wildman–Crippen MR) is 154 cm³/mol. The van der Waals surface area contributed by atoms with Crippen LogP contribution in [0.15, 0.2) is 82.6 Å². The number of allylic oxidation sites excluding steroid dienone is 1. The molecule has 2 heterocycles. The molecule has 4 aromatic rings.